The maximum absolute atomic E-state index is 13.0. The molecule has 0 radical (unpaired) electrons. The lowest BCUT2D eigenvalue weighted by Crippen LogP contribution is -2.03. The summed E-state index contributed by atoms with van der Waals surface area (Å²) in [6.07, 6.45) is 0. The zero-order chi connectivity index (χ0) is 10.6. The highest BCUT2D eigenvalue weighted by molar-refractivity contribution is 5.78. The summed E-state index contributed by atoms with van der Waals surface area (Å²) in [6, 6.07) is 7.64. The number of benzene rings is 1. The third-order valence-corrected chi connectivity index (χ3v) is 1.71. The molecule has 0 saturated heterocycles. The number of H-pyrrole nitrogens is 1. The number of pyridine rings is 1. The molecule has 0 amide bonds. The molecular formula is C11H12FNO. The molecule has 3 heteroatoms. The van der Waals surface area contributed by atoms with Crippen molar-refractivity contribution >= 4 is 10.9 Å². The van der Waals surface area contributed by atoms with Gasteiger partial charge in [0.1, 0.15) is 5.82 Å². The number of aromatic amines is 1. The Hall–Kier alpha value is -1.64. The van der Waals surface area contributed by atoms with E-state index in [1.165, 1.54) is 12.1 Å². The van der Waals surface area contributed by atoms with Gasteiger partial charge in [-0.25, -0.2) is 4.39 Å². The smallest absolute Gasteiger partial charge is 0.248 e. The lowest BCUT2D eigenvalue weighted by molar-refractivity contribution is 0.636. The van der Waals surface area contributed by atoms with Gasteiger partial charge in [0.05, 0.1) is 5.52 Å². The summed E-state index contributed by atoms with van der Waals surface area (Å²) in [6.45, 7) is 4.00. The lowest BCUT2D eigenvalue weighted by atomic mass is 10.2. The van der Waals surface area contributed by atoms with E-state index in [0.717, 1.165) is 0 Å². The zero-order valence-electron chi connectivity index (χ0n) is 8.17. The molecule has 0 saturated carbocycles. The summed E-state index contributed by atoms with van der Waals surface area (Å²) in [5, 5.41) is 0.703. The minimum absolute atomic E-state index is 0.269. The lowest BCUT2D eigenvalue weighted by Gasteiger charge is -1.96. The van der Waals surface area contributed by atoms with Crippen LogP contribution in [0.3, 0.4) is 0 Å². The Morgan fingerprint density at radius 1 is 1.14 bits per heavy atom. The van der Waals surface area contributed by atoms with Gasteiger partial charge in [-0.3, -0.25) is 4.79 Å². The van der Waals surface area contributed by atoms with Crippen molar-refractivity contribution in [2.45, 2.75) is 13.8 Å². The topological polar surface area (TPSA) is 32.9 Å². The van der Waals surface area contributed by atoms with Gasteiger partial charge in [-0.05, 0) is 12.1 Å². The van der Waals surface area contributed by atoms with Crippen molar-refractivity contribution in [2.75, 3.05) is 0 Å². The standard InChI is InChI=1S/C9H6FNO.C2H6/c10-7-3-1-2-6-4-5-8(12)11-9(6)7;1-2/h1-5H,(H,11,12);1-2H3. The maximum Gasteiger partial charge on any atom is 0.248 e. The Morgan fingerprint density at radius 3 is 2.57 bits per heavy atom. The molecule has 2 aromatic rings. The number of aromatic nitrogens is 1. The largest absolute Gasteiger partial charge is 0.319 e. The first-order valence-electron chi connectivity index (χ1n) is 4.55. The fourth-order valence-electron chi connectivity index (χ4n) is 1.14. The SMILES string of the molecule is CC.O=c1ccc2cccc(F)c2[nH]1. The molecule has 0 spiro atoms. The summed E-state index contributed by atoms with van der Waals surface area (Å²) in [4.78, 5) is 13.2. The molecule has 0 aliphatic heterocycles. The second-order valence-electron chi connectivity index (χ2n) is 2.53. The van der Waals surface area contributed by atoms with Gasteiger partial charge in [-0.2, -0.15) is 0 Å². The van der Waals surface area contributed by atoms with E-state index in [4.69, 9.17) is 0 Å². The van der Waals surface area contributed by atoms with E-state index >= 15 is 0 Å². The first-order chi connectivity index (χ1) is 6.77. The third-order valence-electron chi connectivity index (χ3n) is 1.71. The molecule has 1 N–H and O–H groups in total. The van der Waals surface area contributed by atoms with Gasteiger partial charge < -0.3 is 4.98 Å². The Kier molecular flexibility index (Phi) is 3.40. The zero-order valence-corrected chi connectivity index (χ0v) is 8.17. The maximum atomic E-state index is 13.0. The van der Waals surface area contributed by atoms with Gasteiger partial charge in [0.25, 0.3) is 0 Å². The number of fused-ring (bicyclic) bond motifs is 1. The number of hydrogen-bond donors (Lipinski definition) is 1. The third kappa shape index (κ3) is 1.99. The average molecular weight is 193 g/mol. The van der Waals surface area contributed by atoms with Gasteiger partial charge in [-0.15, -0.1) is 0 Å². The molecule has 0 aliphatic rings. The predicted octanol–water partition coefficient (Wildman–Crippen LogP) is 2.69. The van der Waals surface area contributed by atoms with E-state index < -0.39 is 5.82 Å². The second kappa shape index (κ2) is 4.56. The highest BCUT2D eigenvalue weighted by Crippen LogP contribution is 2.11. The van der Waals surface area contributed by atoms with Crippen molar-refractivity contribution < 1.29 is 4.39 Å². The monoisotopic (exact) mass is 193 g/mol. The van der Waals surface area contributed by atoms with Gasteiger partial charge in [0.2, 0.25) is 5.56 Å². The van der Waals surface area contributed by atoms with Crippen LogP contribution in [0.2, 0.25) is 0 Å². The fraction of sp³-hybridized carbons (Fsp3) is 0.182. The van der Waals surface area contributed by atoms with Crippen molar-refractivity contribution in [1.29, 1.82) is 0 Å². The summed E-state index contributed by atoms with van der Waals surface area (Å²) in [5.41, 5.74) is -0.0161. The molecule has 0 atom stereocenters. The molecule has 1 heterocycles. The number of hydrogen-bond acceptors (Lipinski definition) is 1. The summed E-state index contributed by atoms with van der Waals surface area (Å²) in [5.74, 6) is -0.398. The van der Waals surface area contributed by atoms with E-state index in [9.17, 15) is 9.18 Å². The first-order valence-corrected chi connectivity index (χ1v) is 4.55. The van der Waals surface area contributed by atoms with Gasteiger partial charge in [-0.1, -0.05) is 26.0 Å². The molecule has 14 heavy (non-hydrogen) atoms. The van der Waals surface area contributed by atoms with Crippen LogP contribution in [0.4, 0.5) is 4.39 Å². The van der Waals surface area contributed by atoms with Crippen LogP contribution >= 0.6 is 0 Å². The average Bonchev–Trinajstić information content (AvgIpc) is 2.22. The van der Waals surface area contributed by atoms with Crippen LogP contribution in [0.5, 0.6) is 0 Å². The van der Waals surface area contributed by atoms with E-state index in [1.54, 1.807) is 18.2 Å². The van der Waals surface area contributed by atoms with E-state index in [0.29, 0.717) is 5.39 Å². The van der Waals surface area contributed by atoms with Crippen LogP contribution in [-0.2, 0) is 0 Å². The first kappa shape index (κ1) is 10.4. The Bertz CT molecular complexity index is 476. The Labute approximate surface area is 81.4 Å². The summed E-state index contributed by atoms with van der Waals surface area (Å²) < 4.78 is 13.0. The Morgan fingerprint density at radius 2 is 1.86 bits per heavy atom. The summed E-state index contributed by atoms with van der Waals surface area (Å²) >= 11 is 0. The second-order valence-corrected chi connectivity index (χ2v) is 2.53. The minimum Gasteiger partial charge on any atom is -0.319 e. The van der Waals surface area contributed by atoms with E-state index in [-0.39, 0.29) is 11.1 Å². The van der Waals surface area contributed by atoms with Crippen LogP contribution in [-0.4, -0.2) is 4.98 Å². The van der Waals surface area contributed by atoms with Gasteiger partial charge >= 0.3 is 0 Å². The number of halogens is 1. The minimum atomic E-state index is -0.398. The van der Waals surface area contributed by atoms with Crippen molar-refractivity contribution in [3.8, 4) is 0 Å². The Balaban J connectivity index is 0.000000461. The number of para-hydroxylation sites is 1. The molecule has 0 bridgehead atoms. The van der Waals surface area contributed by atoms with E-state index in [2.05, 4.69) is 4.98 Å². The molecule has 1 aromatic carbocycles. The highest BCUT2D eigenvalue weighted by atomic mass is 19.1. The molecule has 74 valence electrons. The quantitative estimate of drug-likeness (QED) is 0.685. The van der Waals surface area contributed by atoms with Crippen molar-refractivity contribution in [1.82, 2.24) is 4.98 Å². The van der Waals surface area contributed by atoms with Crippen molar-refractivity contribution in [3.63, 3.8) is 0 Å². The van der Waals surface area contributed by atoms with Crippen molar-refractivity contribution in [3.05, 3.63) is 46.5 Å². The van der Waals surface area contributed by atoms with E-state index in [1.807, 2.05) is 13.8 Å². The predicted molar refractivity (Wildman–Crippen MR) is 55.9 cm³/mol. The molecule has 2 rings (SSSR count). The van der Waals surface area contributed by atoms with Crippen LogP contribution in [0.1, 0.15) is 13.8 Å². The molecule has 2 nitrogen and oxygen atoms in total. The van der Waals surface area contributed by atoms with Gasteiger partial charge in [0, 0.05) is 11.5 Å². The molecule has 0 aliphatic carbocycles. The highest BCUT2D eigenvalue weighted by Gasteiger charge is 1.98. The number of nitrogens with one attached hydrogen (secondary N) is 1. The van der Waals surface area contributed by atoms with Crippen LogP contribution in [0.15, 0.2) is 35.1 Å². The van der Waals surface area contributed by atoms with Crippen LogP contribution in [0, 0.1) is 5.82 Å². The van der Waals surface area contributed by atoms with Crippen LogP contribution < -0.4 is 5.56 Å². The normalized spacial score (nSPS) is 9.36. The number of rotatable bonds is 0. The molecule has 1 aromatic heterocycles. The van der Waals surface area contributed by atoms with Crippen LogP contribution in [0.25, 0.3) is 10.9 Å². The molecule has 0 fully saturated rings. The molecule has 0 unspecified atom stereocenters. The van der Waals surface area contributed by atoms with Gasteiger partial charge in [0.15, 0.2) is 0 Å². The molecular weight excluding hydrogens is 181 g/mol. The fourth-order valence-corrected chi connectivity index (χ4v) is 1.14. The summed E-state index contributed by atoms with van der Waals surface area (Å²) in [7, 11) is 0. The van der Waals surface area contributed by atoms with Crippen molar-refractivity contribution in [2.24, 2.45) is 0 Å².